The van der Waals surface area contributed by atoms with E-state index in [1.807, 2.05) is 31.2 Å². The molecule has 1 heterocycles. The average molecular weight is 467 g/mol. The Morgan fingerprint density at radius 2 is 1.76 bits per heavy atom. The lowest BCUT2D eigenvalue weighted by Gasteiger charge is -2.33. The summed E-state index contributed by atoms with van der Waals surface area (Å²) in [7, 11) is 0. The van der Waals surface area contributed by atoms with Gasteiger partial charge in [-0.2, -0.15) is 0 Å². The molecule has 2 aromatic rings. The second kappa shape index (κ2) is 10.7. The summed E-state index contributed by atoms with van der Waals surface area (Å²) in [6.07, 6.45) is -0.504. The number of amides is 2. The summed E-state index contributed by atoms with van der Waals surface area (Å²) in [6, 6.07) is 15.9. The number of nitrogens with zero attached hydrogens (tertiary/aromatic N) is 1. The maximum Gasteiger partial charge on any atom is 0.407 e. The number of carbonyl (C=O) groups is 3. The van der Waals surface area contributed by atoms with E-state index in [0.717, 1.165) is 22.3 Å². The van der Waals surface area contributed by atoms with E-state index in [-0.39, 0.29) is 43.9 Å². The van der Waals surface area contributed by atoms with E-state index in [4.69, 9.17) is 14.6 Å². The van der Waals surface area contributed by atoms with Crippen LogP contribution in [0.15, 0.2) is 48.5 Å². The van der Waals surface area contributed by atoms with Crippen molar-refractivity contribution in [2.24, 2.45) is 0 Å². The van der Waals surface area contributed by atoms with Gasteiger partial charge in [-0.05, 0) is 28.7 Å². The molecule has 0 saturated carbocycles. The lowest BCUT2D eigenvalue weighted by molar-refractivity contribution is -0.148. The van der Waals surface area contributed by atoms with Crippen LogP contribution in [0.1, 0.15) is 43.2 Å². The number of carboxylic acid groups (broad SMARTS) is 1. The molecule has 0 bridgehead atoms. The van der Waals surface area contributed by atoms with E-state index in [2.05, 4.69) is 29.6 Å². The third-order valence-electron chi connectivity index (χ3n) is 6.47. The second-order valence-corrected chi connectivity index (χ2v) is 8.71. The maximum atomic E-state index is 12.8. The van der Waals surface area contributed by atoms with Crippen molar-refractivity contribution in [1.29, 1.82) is 0 Å². The molecule has 2 aromatic carbocycles. The second-order valence-electron chi connectivity index (χ2n) is 8.71. The van der Waals surface area contributed by atoms with Crippen LogP contribution in [0.25, 0.3) is 11.1 Å². The number of alkyl carbamates (subject to hydrolysis) is 1. The Hall–Kier alpha value is -3.39. The Bertz CT molecular complexity index is 1010. The minimum absolute atomic E-state index is 0.0284. The molecule has 2 aliphatic rings. The molecule has 2 atom stereocenters. The molecule has 0 aromatic heterocycles. The number of nitrogens with one attached hydrogen (secondary N) is 1. The van der Waals surface area contributed by atoms with Crippen molar-refractivity contribution in [2.75, 3.05) is 26.3 Å². The molecule has 1 fully saturated rings. The van der Waals surface area contributed by atoms with Gasteiger partial charge in [0.2, 0.25) is 5.91 Å². The molecule has 8 nitrogen and oxygen atoms in total. The summed E-state index contributed by atoms with van der Waals surface area (Å²) in [5.74, 6) is -1.12. The highest BCUT2D eigenvalue weighted by atomic mass is 16.5. The van der Waals surface area contributed by atoms with E-state index in [0.29, 0.717) is 19.6 Å². The molecule has 2 amide bonds. The third-order valence-corrected chi connectivity index (χ3v) is 6.47. The highest BCUT2D eigenvalue weighted by Crippen LogP contribution is 2.44. The van der Waals surface area contributed by atoms with E-state index in [1.54, 1.807) is 4.90 Å². The fourth-order valence-corrected chi connectivity index (χ4v) is 4.71. The number of hydrogen-bond donors (Lipinski definition) is 2. The Morgan fingerprint density at radius 3 is 2.38 bits per heavy atom. The normalized spacial score (nSPS) is 18.0. The zero-order valence-corrected chi connectivity index (χ0v) is 19.2. The lowest BCUT2D eigenvalue weighted by atomic mass is 9.98. The van der Waals surface area contributed by atoms with Gasteiger partial charge < -0.3 is 24.8 Å². The zero-order valence-electron chi connectivity index (χ0n) is 19.2. The fraction of sp³-hybridized carbons (Fsp3) is 0.423. The van der Waals surface area contributed by atoms with Crippen LogP contribution in [0.5, 0.6) is 0 Å². The fourth-order valence-electron chi connectivity index (χ4n) is 4.71. The number of aliphatic carboxylic acids is 1. The minimum Gasteiger partial charge on any atom is -0.481 e. The zero-order chi connectivity index (χ0) is 24.1. The van der Waals surface area contributed by atoms with Gasteiger partial charge in [0.15, 0.2) is 0 Å². The molecule has 0 radical (unpaired) electrons. The predicted molar refractivity (Wildman–Crippen MR) is 125 cm³/mol. The van der Waals surface area contributed by atoms with E-state index in [1.165, 1.54) is 0 Å². The molecule has 0 spiro atoms. The van der Waals surface area contributed by atoms with Crippen LogP contribution in [-0.4, -0.2) is 66.4 Å². The highest BCUT2D eigenvalue weighted by Gasteiger charge is 2.30. The molecule has 180 valence electrons. The average Bonchev–Trinajstić information content (AvgIpc) is 3.15. The molecule has 8 heteroatoms. The number of ether oxygens (including phenoxy) is 2. The van der Waals surface area contributed by atoms with Crippen LogP contribution in [0.3, 0.4) is 0 Å². The minimum atomic E-state index is -0.956. The highest BCUT2D eigenvalue weighted by molar-refractivity contribution is 5.80. The summed E-state index contributed by atoms with van der Waals surface area (Å²) in [5, 5.41) is 11.8. The van der Waals surface area contributed by atoms with Crippen molar-refractivity contribution >= 4 is 18.0 Å². The first-order chi connectivity index (χ1) is 16.5. The predicted octanol–water partition coefficient (Wildman–Crippen LogP) is 3.40. The van der Waals surface area contributed by atoms with Gasteiger partial charge in [0.05, 0.1) is 19.1 Å². The number of fused-ring (bicyclic) bond motifs is 3. The van der Waals surface area contributed by atoms with Crippen molar-refractivity contribution in [3.8, 4) is 11.1 Å². The summed E-state index contributed by atoms with van der Waals surface area (Å²) >= 11 is 0. The summed E-state index contributed by atoms with van der Waals surface area (Å²) < 4.78 is 11.0. The Kier molecular flexibility index (Phi) is 7.47. The topological polar surface area (TPSA) is 105 Å². The van der Waals surface area contributed by atoms with Crippen LogP contribution in [-0.2, 0) is 19.1 Å². The van der Waals surface area contributed by atoms with Gasteiger partial charge in [-0.3, -0.25) is 9.59 Å². The summed E-state index contributed by atoms with van der Waals surface area (Å²) in [4.78, 5) is 37.9. The first-order valence-corrected chi connectivity index (χ1v) is 11.7. The van der Waals surface area contributed by atoms with Gasteiger partial charge in [-0.15, -0.1) is 0 Å². The summed E-state index contributed by atoms with van der Waals surface area (Å²) in [5.41, 5.74) is 4.61. The molecular formula is C26H30N2O6. The smallest absolute Gasteiger partial charge is 0.407 e. The first kappa shape index (κ1) is 23.8. The van der Waals surface area contributed by atoms with Crippen molar-refractivity contribution < 1.29 is 29.0 Å². The molecule has 1 aliphatic carbocycles. The number of carboxylic acids is 1. The third kappa shape index (κ3) is 5.39. The maximum absolute atomic E-state index is 12.8. The van der Waals surface area contributed by atoms with Crippen LogP contribution < -0.4 is 5.32 Å². The molecule has 2 N–H and O–H groups in total. The van der Waals surface area contributed by atoms with Gasteiger partial charge in [-0.25, -0.2) is 4.79 Å². The van der Waals surface area contributed by atoms with Crippen LogP contribution in [0.4, 0.5) is 4.79 Å². The molecule has 4 rings (SSSR count). The number of rotatable bonds is 8. The van der Waals surface area contributed by atoms with Gasteiger partial charge in [0, 0.05) is 31.5 Å². The summed E-state index contributed by atoms with van der Waals surface area (Å²) in [6.45, 7) is 3.07. The largest absolute Gasteiger partial charge is 0.481 e. The number of morpholine rings is 1. The van der Waals surface area contributed by atoms with Crippen LogP contribution in [0.2, 0.25) is 0 Å². The van der Waals surface area contributed by atoms with E-state index < -0.39 is 18.2 Å². The number of carbonyl (C=O) groups excluding carboxylic acids is 2. The van der Waals surface area contributed by atoms with E-state index in [9.17, 15) is 14.4 Å². The Balaban J connectivity index is 1.31. The van der Waals surface area contributed by atoms with Gasteiger partial charge in [0.1, 0.15) is 6.61 Å². The number of benzene rings is 2. The van der Waals surface area contributed by atoms with Crippen molar-refractivity contribution in [2.45, 2.75) is 44.2 Å². The molecule has 1 unspecified atom stereocenters. The quantitative estimate of drug-likeness (QED) is 0.618. The van der Waals surface area contributed by atoms with Gasteiger partial charge >= 0.3 is 12.1 Å². The first-order valence-electron chi connectivity index (χ1n) is 11.7. The standard InChI is InChI=1S/C26H30N2O6/c1-2-17(13-24(29)28-11-12-33-18(15-28)14-25(30)31)27-26(32)34-16-23-21-9-5-3-7-19(21)20-8-4-6-10-22(20)23/h3-10,17-18,23H,2,11-16H2,1H3,(H,27,32)(H,30,31)/t17-,18?/m0/s1. The van der Waals surface area contributed by atoms with Crippen molar-refractivity contribution in [1.82, 2.24) is 10.2 Å². The Labute approximate surface area is 198 Å². The lowest BCUT2D eigenvalue weighted by Crippen LogP contribution is -2.48. The number of hydrogen-bond acceptors (Lipinski definition) is 5. The van der Waals surface area contributed by atoms with Gasteiger partial charge in [0.25, 0.3) is 0 Å². The SMILES string of the molecule is CC[C@@H](CC(=O)N1CCOC(CC(=O)O)C1)NC(=O)OCC1c2ccccc2-c2ccccc21. The molecule has 1 saturated heterocycles. The molecular weight excluding hydrogens is 436 g/mol. The van der Waals surface area contributed by atoms with Crippen molar-refractivity contribution in [3.05, 3.63) is 59.7 Å². The monoisotopic (exact) mass is 466 g/mol. The van der Waals surface area contributed by atoms with Crippen molar-refractivity contribution in [3.63, 3.8) is 0 Å². The molecule has 34 heavy (non-hydrogen) atoms. The van der Waals surface area contributed by atoms with Gasteiger partial charge in [-0.1, -0.05) is 55.5 Å². The van der Waals surface area contributed by atoms with Crippen LogP contribution in [0, 0.1) is 0 Å². The molecule has 1 aliphatic heterocycles. The van der Waals surface area contributed by atoms with E-state index >= 15 is 0 Å². The Morgan fingerprint density at radius 1 is 1.12 bits per heavy atom. The van der Waals surface area contributed by atoms with Crippen LogP contribution >= 0.6 is 0 Å².